The van der Waals surface area contributed by atoms with Gasteiger partial charge in [-0.25, -0.2) is 14.8 Å². The first kappa shape index (κ1) is 39.6. The van der Waals surface area contributed by atoms with Crippen LogP contribution >= 0.6 is 0 Å². The smallest absolute Gasteiger partial charge is 0.326 e. The molecule has 278 valence electrons. The summed E-state index contributed by atoms with van der Waals surface area (Å²) in [5.74, 6) is -6.42. The number of carboxylic acids is 2. The van der Waals surface area contributed by atoms with Gasteiger partial charge in [-0.3, -0.25) is 39.2 Å². The molecule has 0 aliphatic heterocycles. The standard InChI is InChI=1S/C30H39N13O9/c1-34-25(48)17(3-2-10-35-29(31)32)40-26(49)19(11-21(45)46)39-20(44)9-8-18(28(51)52)41-24(47)14-4-6-15(7-5-14)36-12-16-13-37-23-22(38-16)27(50)43-30(33)42-23/h4-7,13,17-19,36H,2-3,8-12H2,1H3,(H,34,48)(H,39,44)(H,40,49)(H,41,47)(H,45,46)(H,51,52)(H4,31,32,35)(H3,33,37,42,43,50). The van der Waals surface area contributed by atoms with Crippen molar-refractivity contribution in [1.29, 1.82) is 5.41 Å². The molecule has 3 atom stereocenters. The molecule has 22 nitrogen and oxygen atoms in total. The molecule has 3 unspecified atom stereocenters. The number of nitrogens with one attached hydrogen (secondary N) is 8. The highest BCUT2D eigenvalue weighted by Crippen LogP contribution is 2.13. The van der Waals surface area contributed by atoms with E-state index in [-0.39, 0.29) is 48.1 Å². The molecule has 2 heterocycles. The monoisotopic (exact) mass is 725 g/mol. The number of likely N-dealkylation sites (N-methyl/N-ethyl adjacent to an activating group) is 1. The van der Waals surface area contributed by atoms with Crippen molar-refractivity contribution in [3.05, 3.63) is 52.1 Å². The Labute approximate surface area is 294 Å². The van der Waals surface area contributed by atoms with Crippen LogP contribution in [0.15, 0.2) is 35.3 Å². The van der Waals surface area contributed by atoms with Crippen LogP contribution in [0.4, 0.5) is 11.6 Å². The third kappa shape index (κ3) is 12.2. The maximum Gasteiger partial charge on any atom is 0.326 e. The number of H-pyrrole nitrogens is 1. The Balaban J connectivity index is 1.55. The number of aromatic amines is 1. The van der Waals surface area contributed by atoms with Crippen LogP contribution in [0.25, 0.3) is 11.2 Å². The predicted molar refractivity (Wildman–Crippen MR) is 184 cm³/mol. The van der Waals surface area contributed by atoms with Crippen LogP contribution in [0.2, 0.25) is 0 Å². The molecule has 14 N–H and O–H groups in total. The maximum absolute atomic E-state index is 12.9. The first-order valence-electron chi connectivity index (χ1n) is 15.7. The molecule has 0 saturated carbocycles. The van der Waals surface area contributed by atoms with E-state index in [9.17, 15) is 43.8 Å². The molecule has 0 bridgehead atoms. The molecule has 52 heavy (non-hydrogen) atoms. The van der Waals surface area contributed by atoms with Gasteiger partial charge in [0.25, 0.3) is 11.5 Å². The quantitative estimate of drug-likeness (QED) is 0.0340. The van der Waals surface area contributed by atoms with Crippen LogP contribution in [0.3, 0.4) is 0 Å². The number of carbonyl (C=O) groups is 6. The summed E-state index contributed by atoms with van der Waals surface area (Å²) in [6.07, 6.45) is 0.0622. The third-order valence-electron chi connectivity index (χ3n) is 7.27. The summed E-state index contributed by atoms with van der Waals surface area (Å²) >= 11 is 0. The highest BCUT2D eigenvalue weighted by molar-refractivity contribution is 5.97. The molecule has 22 heteroatoms. The number of anilines is 2. The number of nitrogens with two attached hydrogens (primary N) is 2. The SMILES string of the molecule is CNC(=O)C(CCCNC(=N)N)NC(=O)C(CC(=O)O)NC(=O)CCC(NC(=O)c1ccc(NCc2cnc3nc(N)[nH]c(=O)c3n2)cc1)C(=O)O. The molecule has 0 aliphatic carbocycles. The molecule has 0 aliphatic rings. The lowest BCUT2D eigenvalue weighted by Gasteiger charge is -2.22. The van der Waals surface area contributed by atoms with Gasteiger partial charge in [-0.2, -0.15) is 4.98 Å². The number of carboxylic acid groups (broad SMARTS) is 2. The molecule has 0 saturated heterocycles. The minimum absolute atomic E-state index is 0.00961. The van der Waals surface area contributed by atoms with Crippen molar-refractivity contribution in [2.45, 2.75) is 56.8 Å². The molecule has 0 radical (unpaired) electrons. The summed E-state index contributed by atoms with van der Waals surface area (Å²) in [6, 6.07) is 1.72. The zero-order valence-corrected chi connectivity index (χ0v) is 27.8. The van der Waals surface area contributed by atoms with Gasteiger partial charge in [0.2, 0.25) is 23.7 Å². The number of aliphatic carboxylic acids is 2. The third-order valence-corrected chi connectivity index (χ3v) is 7.27. The molecule has 2 aromatic heterocycles. The number of benzene rings is 1. The number of aromatic nitrogens is 4. The lowest BCUT2D eigenvalue weighted by molar-refractivity contribution is -0.141. The number of hydrogen-bond acceptors (Lipinski definition) is 13. The number of fused-ring (bicyclic) bond motifs is 1. The Bertz CT molecular complexity index is 1870. The van der Waals surface area contributed by atoms with E-state index in [1.807, 2.05) is 0 Å². The Morgan fingerprint density at radius 1 is 0.942 bits per heavy atom. The molecular weight excluding hydrogens is 686 g/mol. The first-order valence-corrected chi connectivity index (χ1v) is 15.7. The lowest BCUT2D eigenvalue weighted by Crippen LogP contribution is -2.54. The number of nitrogens with zero attached hydrogens (tertiary/aromatic N) is 3. The van der Waals surface area contributed by atoms with E-state index in [0.717, 1.165) is 0 Å². The van der Waals surface area contributed by atoms with Gasteiger partial charge < -0.3 is 53.6 Å². The summed E-state index contributed by atoms with van der Waals surface area (Å²) in [4.78, 5) is 101. The Morgan fingerprint density at radius 2 is 1.65 bits per heavy atom. The summed E-state index contributed by atoms with van der Waals surface area (Å²) in [6.45, 7) is 0.381. The maximum atomic E-state index is 12.9. The second kappa shape index (κ2) is 18.8. The van der Waals surface area contributed by atoms with Gasteiger partial charge in [-0.05, 0) is 43.5 Å². The minimum atomic E-state index is -1.61. The Morgan fingerprint density at radius 3 is 2.29 bits per heavy atom. The largest absolute Gasteiger partial charge is 0.481 e. The van der Waals surface area contributed by atoms with Gasteiger partial charge >= 0.3 is 11.9 Å². The van der Waals surface area contributed by atoms with Gasteiger partial charge in [0, 0.05) is 31.3 Å². The summed E-state index contributed by atoms with van der Waals surface area (Å²) < 4.78 is 0. The molecule has 4 amide bonds. The van der Waals surface area contributed by atoms with Crippen molar-refractivity contribution in [2.75, 3.05) is 24.6 Å². The molecule has 3 aromatic rings. The van der Waals surface area contributed by atoms with Crippen LogP contribution in [-0.2, 0) is 30.5 Å². The second-order valence-electron chi connectivity index (χ2n) is 11.2. The molecule has 3 rings (SSSR count). The fourth-order valence-corrected chi connectivity index (χ4v) is 4.66. The minimum Gasteiger partial charge on any atom is -0.481 e. The zero-order chi connectivity index (χ0) is 38.4. The van der Waals surface area contributed by atoms with Gasteiger partial charge in [0.15, 0.2) is 17.1 Å². The number of carbonyl (C=O) groups excluding carboxylic acids is 4. The summed E-state index contributed by atoms with van der Waals surface area (Å²) in [5, 5.41) is 41.1. The van der Waals surface area contributed by atoms with Gasteiger partial charge in [-0.15, -0.1) is 0 Å². The van der Waals surface area contributed by atoms with Gasteiger partial charge in [-0.1, -0.05) is 0 Å². The second-order valence-corrected chi connectivity index (χ2v) is 11.2. The van der Waals surface area contributed by atoms with E-state index >= 15 is 0 Å². The van der Waals surface area contributed by atoms with Crippen molar-refractivity contribution >= 4 is 64.3 Å². The van der Waals surface area contributed by atoms with E-state index in [0.29, 0.717) is 17.8 Å². The van der Waals surface area contributed by atoms with Crippen molar-refractivity contribution in [3.63, 3.8) is 0 Å². The fraction of sp³-hybridized carbons (Fsp3) is 0.367. The fourth-order valence-electron chi connectivity index (χ4n) is 4.66. The zero-order valence-electron chi connectivity index (χ0n) is 27.8. The van der Waals surface area contributed by atoms with E-state index in [1.165, 1.54) is 25.4 Å². The normalized spacial score (nSPS) is 12.4. The van der Waals surface area contributed by atoms with E-state index < -0.39 is 78.5 Å². The van der Waals surface area contributed by atoms with Crippen molar-refractivity contribution in [2.24, 2.45) is 5.73 Å². The van der Waals surface area contributed by atoms with Crippen LogP contribution in [0.5, 0.6) is 0 Å². The van der Waals surface area contributed by atoms with Crippen LogP contribution in [-0.4, -0.2) is 103 Å². The Hall–Kier alpha value is -6.87. The first-order chi connectivity index (χ1) is 24.7. The number of hydrogen-bond donors (Lipinski definition) is 12. The number of rotatable bonds is 19. The van der Waals surface area contributed by atoms with E-state index in [1.54, 1.807) is 12.1 Å². The number of guanidine groups is 1. The molecule has 0 spiro atoms. The van der Waals surface area contributed by atoms with E-state index in [4.69, 9.17) is 16.9 Å². The summed E-state index contributed by atoms with van der Waals surface area (Å²) in [7, 11) is 1.34. The molecular formula is C30H39N13O9. The molecule has 0 fully saturated rings. The van der Waals surface area contributed by atoms with Crippen LogP contribution in [0.1, 0.15) is 48.2 Å². The van der Waals surface area contributed by atoms with E-state index in [2.05, 4.69) is 51.8 Å². The predicted octanol–water partition coefficient (Wildman–Crippen LogP) is -2.68. The van der Waals surface area contributed by atoms with Gasteiger partial charge in [0.1, 0.15) is 18.1 Å². The highest BCUT2D eigenvalue weighted by Gasteiger charge is 2.29. The van der Waals surface area contributed by atoms with Crippen molar-refractivity contribution in [1.82, 2.24) is 46.5 Å². The average Bonchev–Trinajstić information content (AvgIpc) is 3.09. The highest BCUT2D eigenvalue weighted by atomic mass is 16.4. The van der Waals surface area contributed by atoms with Crippen molar-refractivity contribution in [3.8, 4) is 0 Å². The summed E-state index contributed by atoms with van der Waals surface area (Å²) in [5.41, 5.74) is 11.4. The van der Waals surface area contributed by atoms with Crippen LogP contribution in [0, 0.1) is 5.41 Å². The topological polar surface area (TPSA) is 362 Å². The van der Waals surface area contributed by atoms with Crippen LogP contribution < -0.4 is 48.9 Å². The number of nitrogen functional groups attached to an aromatic ring is 1. The number of amides is 4. The molecule has 1 aromatic carbocycles. The lowest BCUT2D eigenvalue weighted by atomic mass is 10.1. The average molecular weight is 726 g/mol. The Kier molecular flexibility index (Phi) is 14.3. The van der Waals surface area contributed by atoms with Crippen molar-refractivity contribution < 1.29 is 39.0 Å². The van der Waals surface area contributed by atoms with Gasteiger partial charge in [0.05, 0.1) is 24.9 Å².